The van der Waals surface area contributed by atoms with E-state index in [1.54, 1.807) is 42.3 Å². The zero-order chi connectivity index (χ0) is 27.9. The molecule has 1 fully saturated rings. The molecule has 12 heteroatoms. The Balaban J connectivity index is 1.89. The number of hydrogen-bond donors (Lipinski definition) is 2. The molecule has 0 bridgehead atoms. The molecule has 0 saturated carbocycles. The fraction of sp³-hybridized carbons (Fsp3) is 0.462. The van der Waals surface area contributed by atoms with Gasteiger partial charge >= 0.3 is 12.1 Å². The number of nitrogens with zero attached hydrogens (tertiary/aromatic N) is 5. The molecule has 4 N–H and O–H groups in total. The molecule has 1 saturated heterocycles. The van der Waals surface area contributed by atoms with Crippen LogP contribution in [-0.2, 0) is 20.7 Å². The Morgan fingerprint density at radius 1 is 1.13 bits per heavy atom. The normalized spacial score (nSPS) is 14.0. The van der Waals surface area contributed by atoms with Gasteiger partial charge in [-0.1, -0.05) is 0 Å². The highest BCUT2D eigenvalue weighted by Gasteiger charge is 2.28. The van der Waals surface area contributed by atoms with Crippen LogP contribution in [0.5, 0.6) is 0 Å². The van der Waals surface area contributed by atoms with E-state index in [1.807, 2.05) is 25.7 Å². The minimum atomic E-state index is -0.589. The number of rotatable bonds is 8. The molecule has 0 spiro atoms. The predicted molar refractivity (Wildman–Crippen MR) is 145 cm³/mol. The van der Waals surface area contributed by atoms with Gasteiger partial charge in [0.05, 0.1) is 24.4 Å². The van der Waals surface area contributed by atoms with Gasteiger partial charge in [-0.3, -0.25) is 19.2 Å². The summed E-state index contributed by atoms with van der Waals surface area (Å²) in [7, 11) is 0. The van der Waals surface area contributed by atoms with Gasteiger partial charge in [-0.25, -0.2) is 15.6 Å². The third-order valence-corrected chi connectivity index (χ3v) is 5.73. The van der Waals surface area contributed by atoms with E-state index < -0.39 is 5.60 Å². The molecular weight excluding hydrogens is 490 g/mol. The second-order valence-electron chi connectivity index (χ2n) is 9.76. The highest BCUT2D eigenvalue weighted by atomic mass is 16.6. The van der Waals surface area contributed by atoms with E-state index in [-0.39, 0.29) is 29.9 Å². The van der Waals surface area contributed by atoms with Crippen LogP contribution >= 0.6 is 0 Å². The van der Waals surface area contributed by atoms with Crippen molar-refractivity contribution in [2.75, 3.05) is 42.7 Å². The smallest absolute Gasteiger partial charge is 0.410 e. The van der Waals surface area contributed by atoms with Crippen LogP contribution in [0.15, 0.2) is 47.7 Å². The van der Waals surface area contributed by atoms with Crippen LogP contribution in [0.2, 0.25) is 0 Å². The number of anilines is 2. The molecular formula is C26H37N7O5. The molecule has 1 aliphatic heterocycles. The lowest BCUT2D eigenvalue weighted by Gasteiger charge is -2.36. The number of aryl methyl sites for hydroxylation is 1. The standard InChI is InChI=1S/C26H37N7O5/c1-5-37-22(34)11-6-19-18-32(20-7-9-21(10-8-20)33(28)13-12-27)24(35)23(29-19)30-14-16-31(17-15-30)25(36)38-26(2,3)4/h7-10,12-13,18H,5-6,11,14-17,27-28H2,1-4H3/b13-12-. The summed E-state index contributed by atoms with van der Waals surface area (Å²) >= 11 is 0. The topological polar surface area (TPSA) is 149 Å². The third kappa shape index (κ3) is 7.48. The Hall–Kier alpha value is -4.06. The third-order valence-electron chi connectivity index (χ3n) is 5.73. The number of benzene rings is 1. The minimum absolute atomic E-state index is 0.136. The summed E-state index contributed by atoms with van der Waals surface area (Å²) in [6.07, 6.45) is 4.53. The predicted octanol–water partition coefficient (Wildman–Crippen LogP) is 1.90. The first-order chi connectivity index (χ1) is 18.0. The van der Waals surface area contributed by atoms with Gasteiger partial charge in [0.2, 0.25) is 0 Å². The first kappa shape index (κ1) is 28.5. The molecule has 2 aromatic rings. The maximum absolute atomic E-state index is 13.6. The van der Waals surface area contributed by atoms with E-state index in [0.717, 1.165) is 0 Å². The van der Waals surface area contributed by atoms with Gasteiger partial charge in [0.1, 0.15) is 5.60 Å². The molecule has 1 aliphatic rings. The molecule has 0 atom stereocenters. The average molecular weight is 528 g/mol. The number of hydrazine groups is 1. The second kappa shape index (κ2) is 12.5. The number of carbonyl (C=O) groups excluding carboxylic acids is 2. The number of aromatic nitrogens is 2. The first-order valence-corrected chi connectivity index (χ1v) is 12.6. The van der Waals surface area contributed by atoms with Crippen LogP contribution in [0.3, 0.4) is 0 Å². The van der Waals surface area contributed by atoms with Crippen molar-refractivity contribution in [2.45, 2.75) is 46.1 Å². The largest absolute Gasteiger partial charge is 0.466 e. The lowest BCUT2D eigenvalue weighted by atomic mass is 10.2. The van der Waals surface area contributed by atoms with Crippen molar-refractivity contribution < 1.29 is 19.1 Å². The molecule has 0 unspecified atom stereocenters. The molecule has 206 valence electrons. The molecule has 12 nitrogen and oxygen atoms in total. The van der Waals surface area contributed by atoms with E-state index in [4.69, 9.17) is 21.1 Å². The van der Waals surface area contributed by atoms with Crippen LogP contribution < -0.4 is 27.0 Å². The summed E-state index contributed by atoms with van der Waals surface area (Å²) in [5.41, 5.74) is 6.37. The minimum Gasteiger partial charge on any atom is -0.466 e. The Labute approximate surface area is 222 Å². The Bertz CT molecular complexity index is 1200. The lowest BCUT2D eigenvalue weighted by molar-refractivity contribution is -0.143. The molecule has 1 aromatic heterocycles. The summed E-state index contributed by atoms with van der Waals surface area (Å²) in [5, 5.41) is 1.36. The lowest BCUT2D eigenvalue weighted by Crippen LogP contribution is -2.51. The number of esters is 1. The van der Waals surface area contributed by atoms with E-state index in [9.17, 15) is 14.4 Å². The highest BCUT2D eigenvalue weighted by Crippen LogP contribution is 2.19. The number of hydrogen-bond acceptors (Lipinski definition) is 10. The quantitative estimate of drug-likeness (QED) is 0.296. The van der Waals surface area contributed by atoms with Crippen LogP contribution in [0.25, 0.3) is 5.69 Å². The van der Waals surface area contributed by atoms with Crippen molar-refractivity contribution in [1.29, 1.82) is 0 Å². The highest BCUT2D eigenvalue weighted by molar-refractivity contribution is 5.69. The van der Waals surface area contributed by atoms with Crippen LogP contribution in [0.1, 0.15) is 39.8 Å². The van der Waals surface area contributed by atoms with E-state index >= 15 is 0 Å². The Kier molecular flexibility index (Phi) is 9.35. The number of nitrogens with two attached hydrogens (primary N) is 2. The molecule has 3 rings (SSSR count). The summed E-state index contributed by atoms with van der Waals surface area (Å²) in [6.45, 7) is 9.11. The van der Waals surface area contributed by atoms with Crippen molar-refractivity contribution in [3.63, 3.8) is 0 Å². The van der Waals surface area contributed by atoms with Gasteiger partial charge in [0.25, 0.3) is 5.56 Å². The second-order valence-corrected chi connectivity index (χ2v) is 9.76. The molecule has 38 heavy (non-hydrogen) atoms. The number of piperazine rings is 1. The van der Waals surface area contributed by atoms with Gasteiger partial charge in [-0.15, -0.1) is 0 Å². The summed E-state index contributed by atoms with van der Waals surface area (Å²) in [4.78, 5) is 46.1. The molecule has 2 heterocycles. The number of carbonyl (C=O) groups is 2. The number of ether oxygens (including phenoxy) is 2. The van der Waals surface area contributed by atoms with Crippen molar-refractivity contribution in [3.8, 4) is 5.69 Å². The average Bonchev–Trinajstić information content (AvgIpc) is 2.87. The van der Waals surface area contributed by atoms with Gasteiger partial charge in [-0.2, -0.15) is 0 Å². The van der Waals surface area contributed by atoms with Gasteiger partial charge in [0, 0.05) is 56.9 Å². The Morgan fingerprint density at radius 2 is 1.79 bits per heavy atom. The molecule has 1 amide bonds. The van der Waals surface area contributed by atoms with Gasteiger partial charge in [-0.05, 0) is 52.0 Å². The maximum atomic E-state index is 13.6. The monoisotopic (exact) mass is 527 g/mol. The van der Waals surface area contributed by atoms with Crippen molar-refractivity contribution in [1.82, 2.24) is 14.5 Å². The maximum Gasteiger partial charge on any atom is 0.410 e. The van der Waals surface area contributed by atoms with Crippen molar-refractivity contribution >= 4 is 23.6 Å². The first-order valence-electron chi connectivity index (χ1n) is 12.6. The molecule has 0 aliphatic carbocycles. The zero-order valence-electron chi connectivity index (χ0n) is 22.4. The van der Waals surface area contributed by atoms with Crippen LogP contribution in [-0.4, -0.2) is 64.9 Å². The van der Waals surface area contributed by atoms with Crippen molar-refractivity contribution in [2.24, 2.45) is 11.6 Å². The molecule has 1 aromatic carbocycles. The summed E-state index contributed by atoms with van der Waals surface area (Å²) in [6, 6.07) is 7.06. The fourth-order valence-electron chi connectivity index (χ4n) is 3.90. The fourth-order valence-corrected chi connectivity index (χ4v) is 3.90. The zero-order valence-corrected chi connectivity index (χ0v) is 22.4. The Morgan fingerprint density at radius 3 is 2.37 bits per heavy atom. The van der Waals surface area contributed by atoms with Crippen LogP contribution in [0, 0.1) is 0 Å². The number of amides is 1. The van der Waals surface area contributed by atoms with Crippen LogP contribution in [0.4, 0.5) is 16.3 Å². The van der Waals surface area contributed by atoms with E-state index in [1.165, 1.54) is 22.0 Å². The SMILES string of the molecule is CCOC(=O)CCc1cn(-c2ccc(N(N)/C=C\N)cc2)c(=O)c(N2CCN(C(=O)OC(C)(C)C)CC2)n1. The summed E-state index contributed by atoms with van der Waals surface area (Å²) < 4.78 is 12.0. The summed E-state index contributed by atoms with van der Waals surface area (Å²) in [5.74, 6) is 5.85. The molecule has 0 radical (unpaired) electrons. The van der Waals surface area contributed by atoms with E-state index in [0.29, 0.717) is 56.3 Å². The van der Waals surface area contributed by atoms with Gasteiger partial charge < -0.3 is 25.0 Å². The van der Waals surface area contributed by atoms with Gasteiger partial charge in [0.15, 0.2) is 5.82 Å². The van der Waals surface area contributed by atoms with E-state index in [2.05, 4.69) is 4.98 Å². The van der Waals surface area contributed by atoms with Crippen molar-refractivity contribution in [3.05, 3.63) is 58.9 Å².